The number of aryl methyl sites for hydroxylation is 2. The number of anilines is 1. The average Bonchev–Trinajstić information content (AvgIpc) is 3.28. The Labute approximate surface area is 149 Å². The Morgan fingerprint density at radius 2 is 1.88 bits per heavy atom. The lowest BCUT2D eigenvalue weighted by atomic mass is 10.2. The first-order valence-electron chi connectivity index (χ1n) is 8.05. The first-order valence-corrected chi connectivity index (χ1v) is 8.05. The molecule has 134 valence electrons. The Kier molecular flexibility index (Phi) is 5.12. The van der Waals surface area contributed by atoms with Crippen molar-refractivity contribution in [2.24, 2.45) is 0 Å². The van der Waals surface area contributed by atoms with E-state index >= 15 is 0 Å². The molecule has 2 amide bonds. The van der Waals surface area contributed by atoms with Gasteiger partial charge in [-0.15, -0.1) is 10.2 Å². The van der Waals surface area contributed by atoms with Crippen molar-refractivity contribution in [3.8, 4) is 11.5 Å². The molecule has 8 nitrogen and oxygen atoms in total. The van der Waals surface area contributed by atoms with Gasteiger partial charge in [-0.2, -0.15) is 0 Å². The normalized spacial score (nSPS) is 10.5. The van der Waals surface area contributed by atoms with E-state index in [-0.39, 0.29) is 18.2 Å². The zero-order chi connectivity index (χ0) is 18.5. The molecular weight excluding hydrogens is 336 g/mol. The predicted molar refractivity (Wildman–Crippen MR) is 93.5 cm³/mol. The Balaban J connectivity index is 1.54. The average molecular weight is 354 g/mol. The van der Waals surface area contributed by atoms with E-state index in [4.69, 9.17) is 8.83 Å². The van der Waals surface area contributed by atoms with Crippen molar-refractivity contribution in [1.82, 2.24) is 15.5 Å². The lowest BCUT2D eigenvalue weighted by Gasteiger charge is -2.05. The molecule has 0 aliphatic rings. The van der Waals surface area contributed by atoms with Gasteiger partial charge in [0.1, 0.15) is 5.76 Å². The van der Waals surface area contributed by atoms with Gasteiger partial charge in [0.15, 0.2) is 0 Å². The summed E-state index contributed by atoms with van der Waals surface area (Å²) in [6.45, 7) is 1.81. The second-order valence-corrected chi connectivity index (χ2v) is 5.60. The molecule has 3 aromatic rings. The molecule has 0 aliphatic carbocycles. The summed E-state index contributed by atoms with van der Waals surface area (Å²) in [7, 11) is 1.56. The van der Waals surface area contributed by atoms with Gasteiger partial charge in [0, 0.05) is 31.1 Å². The highest BCUT2D eigenvalue weighted by molar-refractivity contribution is 5.95. The number of carbonyl (C=O) groups is 2. The maximum absolute atomic E-state index is 12.1. The molecule has 3 rings (SSSR count). The fourth-order valence-electron chi connectivity index (χ4n) is 2.36. The number of amides is 2. The van der Waals surface area contributed by atoms with Gasteiger partial charge in [-0.05, 0) is 37.3 Å². The van der Waals surface area contributed by atoms with Crippen LogP contribution in [0.1, 0.15) is 28.4 Å². The first kappa shape index (κ1) is 17.4. The minimum absolute atomic E-state index is 0.178. The van der Waals surface area contributed by atoms with Crippen LogP contribution >= 0.6 is 0 Å². The molecule has 1 aromatic carbocycles. The van der Waals surface area contributed by atoms with E-state index in [1.54, 1.807) is 43.6 Å². The number of hydrogen-bond acceptors (Lipinski definition) is 6. The number of rotatable bonds is 6. The highest BCUT2D eigenvalue weighted by Crippen LogP contribution is 2.23. The molecule has 2 heterocycles. The second kappa shape index (κ2) is 7.64. The molecule has 0 saturated heterocycles. The van der Waals surface area contributed by atoms with Crippen LogP contribution in [0.5, 0.6) is 0 Å². The monoisotopic (exact) mass is 354 g/mol. The number of carbonyl (C=O) groups excluding carboxylic acids is 2. The SMILES string of the molecule is CNC(=O)c1ccc(NC(=O)CCc2nnc(-c3ccoc3C)o2)cc1. The van der Waals surface area contributed by atoms with Crippen LogP contribution in [-0.2, 0) is 11.2 Å². The molecule has 0 aliphatic heterocycles. The van der Waals surface area contributed by atoms with Crippen LogP contribution in [-0.4, -0.2) is 29.1 Å². The van der Waals surface area contributed by atoms with Gasteiger partial charge in [-0.3, -0.25) is 9.59 Å². The standard InChI is InChI=1S/C18H18N4O4/c1-11-14(9-10-25-11)18-22-21-16(26-18)8-7-15(23)20-13-5-3-12(4-6-13)17(24)19-2/h3-6,9-10H,7-8H2,1-2H3,(H,19,24)(H,20,23). The first-order chi connectivity index (χ1) is 12.6. The Bertz CT molecular complexity index is 911. The Morgan fingerprint density at radius 1 is 1.12 bits per heavy atom. The van der Waals surface area contributed by atoms with Gasteiger partial charge in [-0.25, -0.2) is 0 Å². The third-order valence-electron chi connectivity index (χ3n) is 3.78. The second-order valence-electron chi connectivity index (χ2n) is 5.60. The van der Waals surface area contributed by atoms with Crippen molar-refractivity contribution in [2.75, 3.05) is 12.4 Å². The van der Waals surface area contributed by atoms with E-state index in [2.05, 4.69) is 20.8 Å². The predicted octanol–water partition coefficient (Wildman–Crippen LogP) is 2.57. The van der Waals surface area contributed by atoms with E-state index in [0.717, 1.165) is 5.56 Å². The maximum atomic E-state index is 12.1. The van der Waals surface area contributed by atoms with E-state index in [1.165, 1.54) is 0 Å². The van der Waals surface area contributed by atoms with Gasteiger partial charge in [0.2, 0.25) is 11.8 Å². The van der Waals surface area contributed by atoms with Gasteiger partial charge >= 0.3 is 0 Å². The molecule has 2 N–H and O–H groups in total. The minimum atomic E-state index is -0.183. The highest BCUT2D eigenvalue weighted by atomic mass is 16.4. The number of nitrogens with zero attached hydrogens (tertiary/aromatic N) is 2. The van der Waals surface area contributed by atoms with Gasteiger partial charge in [-0.1, -0.05) is 0 Å². The molecule has 8 heteroatoms. The minimum Gasteiger partial charge on any atom is -0.469 e. The third kappa shape index (κ3) is 3.97. The molecule has 0 atom stereocenters. The van der Waals surface area contributed by atoms with E-state index in [9.17, 15) is 9.59 Å². The van der Waals surface area contributed by atoms with Gasteiger partial charge in [0.25, 0.3) is 11.8 Å². The van der Waals surface area contributed by atoms with Crippen LogP contribution < -0.4 is 10.6 Å². The van der Waals surface area contributed by atoms with Gasteiger partial charge in [0.05, 0.1) is 11.8 Å². The van der Waals surface area contributed by atoms with Crippen LogP contribution in [0.2, 0.25) is 0 Å². The zero-order valence-electron chi connectivity index (χ0n) is 14.4. The summed E-state index contributed by atoms with van der Waals surface area (Å²) in [4.78, 5) is 23.5. The highest BCUT2D eigenvalue weighted by Gasteiger charge is 2.14. The number of aromatic nitrogens is 2. The van der Waals surface area contributed by atoms with Crippen molar-refractivity contribution in [3.05, 3.63) is 53.8 Å². The van der Waals surface area contributed by atoms with Crippen LogP contribution in [0.3, 0.4) is 0 Å². The third-order valence-corrected chi connectivity index (χ3v) is 3.78. The fourth-order valence-corrected chi connectivity index (χ4v) is 2.36. The number of hydrogen-bond donors (Lipinski definition) is 2. The molecule has 0 spiro atoms. The molecule has 0 saturated carbocycles. The summed E-state index contributed by atoms with van der Waals surface area (Å²) in [6.07, 6.45) is 2.08. The van der Waals surface area contributed by atoms with Crippen molar-refractivity contribution < 1.29 is 18.4 Å². The lowest BCUT2D eigenvalue weighted by Crippen LogP contribution is -2.18. The van der Waals surface area contributed by atoms with Gasteiger partial charge < -0.3 is 19.5 Å². The summed E-state index contributed by atoms with van der Waals surface area (Å²) in [6, 6.07) is 8.39. The lowest BCUT2D eigenvalue weighted by molar-refractivity contribution is -0.116. The van der Waals surface area contributed by atoms with Crippen LogP contribution in [0.4, 0.5) is 5.69 Å². The summed E-state index contributed by atoms with van der Waals surface area (Å²) in [5.74, 6) is 1.08. The summed E-state index contributed by atoms with van der Waals surface area (Å²) in [5.41, 5.74) is 1.88. The van der Waals surface area contributed by atoms with Crippen molar-refractivity contribution >= 4 is 17.5 Å². The molecule has 0 unspecified atom stereocenters. The Morgan fingerprint density at radius 3 is 2.54 bits per heavy atom. The smallest absolute Gasteiger partial charge is 0.251 e. The molecule has 0 radical (unpaired) electrons. The topological polar surface area (TPSA) is 110 Å². The molecule has 0 bridgehead atoms. The Hall–Kier alpha value is -3.42. The molecule has 2 aromatic heterocycles. The number of benzene rings is 1. The largest absolute Gasteiger partial charge is 0.469 e. The summed E-state index contributed by atoms with van der Waals surface area (Å²) in [5, 5.41) is 13.2. The van der Waals surface area contributed by atoms with Crippen molar-refractivity contribution in [1.29, 1.82) is 0 Å². The van der Waals surface area contributed by atoms with Crippen molar-refractivity contribution in [2.45, 2.75) is 19.8 Å². The van der Waals surface area contributed by atoms with E-state index in [0.29, 0.717) is 35.2 Å². The summed E-state index contributed by atoms with van der Waals surface area (Å²) < 4.78 is 10.8. The van der Waals surface area contributed by atoms with Crippen LogP contribution in [0.25, 0.3) is 11.5 Å². The zero-order valence-corrected chi connectivity index (χ0v) is 14.4. The maximum Gasteiger partial charge on any atom is 0.251 e. The van der Waals surface area contributed by atoms with E-state index in [1.807, 2.05) is 6.92 Å². The van der Waals surface area contributed by atoms with E-state index < -0.39 is 0 Å². The molecular formula is C18H18N4O4. The number of furan rings is 1. The van der Waals surface area contributed by atoms with Crippen LogP contribution in [0, 0.1) is 6.92 Å². The van der Waals surface area contributed by atoms with Crippen molar-refractivity contribution in [3.63, 3.8) is 0 Å². The molecule has 0 fully saturated rings. The number of nitrogens with one attached hydrogen (secondary N) is 2. The molecule has 26 heavy (non-hydrogen) atoms. The quantitative estimate of drug-likeness (QED) is 0.704. The summed E-state index contributed by atoms with van der Waals surface area (Å²) >= 11 is 0. The van der Waals surface area contributed by atoms with Crippen LogP contribution in [0.15, 0.2) is 45.4 Å². The fraction of sp³-hybridized carbons (Fsp3) is 0.222.